The molecular formula is C18H26Cl2N2O. The highest BCUT2D eigenvalue weighted by atomic mass is 35.5. The van der Waals surface area contributed by atoms with Gasteiger partial charge >= 0.3 is 0 Å². The first-order valence-corrected chi connectivity index (χ1v) is 9.04. The molecule has 5 heteroatoms. The summed E-state index contributed by atoms with van der Waals surface area (Å²) in [5.41, 5.74) is 0.879. The molecule has 1 amide bonds. The fourth-order valence-electron chi connectivity index (χ4n) is 3.53. The first kappa shape index (κ1) is 18.6. The van der Waals surface area contributed by atoms with Crippen molar-refractivity contribution in [3.8, 4) is 0 Å². The molecule has 0 radical (unpaired) electrons. The molecule has 3 atom stereocenters. The van der Waals surface area contributed by atoms with Gasteiger partial charge in [-0.1, -0.05) is 43.1 Å². The molecule has 1 saturated heterocycles. The third-order valence-electron chi connectivity index (χ3n) is 4.23. The zero-order valence-electron chi connectivity index (χ0n) is 14.1. The summed E-state index contributed by atoms with van der Waals surface area (Å²) in [6.07, 6.45) is 1.63. The molecular weight excluding hydrogens is 331 g/mol. The van der Waals surface area contributed by atoms with Gasteiger partial charge in [0.05, 0.1) is 16.5 Å². The number of hydrogen-bond donors (Lipinski definition) is 1. The third-order valence-corrected chi connectivity index (χ3v) is 4.97. The number of amides is 1. The second kappa shape index (κ2) is 8.36. The minimum Gasteiger partial charge on any atom is -0.352 e. The summed E-state index contributed by atoms with van der Waals surface area (Å²) in [5.74, 6) is 1.49. The fourth-order valence-corrected chi connectivity index (χ4v) is 3.86. The molecule has 2 rings (SSSR count). The zero-order chi connectivity index (χ0) is 17.0. The van der Waals surface area contributed by atoms with E-state index in [2.05, 4.69) is 31.0 Å². The lowest BCUT2D eigenvalue weighted by atomic mass is 9.92. The highest BCUT2D eigenvalue weighted by molar-refractivity contribution is 6.42. The Balaban J connectivity index is 1.81. The molecule has 1 aromatic rings. The van der Waals surface area contributed by atoms with E-state index in [1.165, 1.54) is 6.42 Å². The van der Waals surface area contributed by atoms with Crippen LogP contribution in [0.3, 0.4) is 0 Å². The maximum atomic E-state index is 12.2. The van der Waals surface area contributed by atoms with Crippen LogP contribution in [0.25, 0.3) is 0 Å². The van der Waals surface area contributed by atoms with Gasteiger partial charge in [-0.15, -0.1) is 0 Å². The first-order chi connectivity index (χ1) is 10.8. The predicted octanol–water partition coefficient (Wildman–Crippen LogP) is 4.02. The fraction of sp³-hybridized carbons (Fsp3) is 0.611. The molecule has 3 nitrogen and oxygen atoms in total. The van der Waals surface area contributed by atoms with Gasteiger partial charge in [-0.25, -0.2) is 0 Å². The molecule has 1 aliphatic rings. The van der Waals surface area contributed by atoms with Gasteiger partial charge in [-0.2, -0.15) is 0 Å². The van der Waals surface area contributed by atoms with Crippen molar-refractivity contribution in [2.45, 2.75) is 39.7 Å². The van der Waals surface area contributed by atoms with E-state index in [9.17, 15) is 4.79 Å². The average molecular weight is 357 g/mol. The Morgan fingerprint density at radius 3 is 2.52 bits per heavy atom. The van der Waals surface area contributed by atoms with E-state index in [1.54, 1.807) is 12.1 Å². The molecule has 128 valence electrons. The summed E-state index contributed by atoms with van der Waals surface area (Å²) < 4.78 is 0. The lowest BCUT2D eigenvalue weighted by Gasteiger charge is -2.36. The van der Waals surface area contributed by atoms with Crippen molar-refractivity contribution < 1.29 is 4.79 Å². The second-order valence-electron chi connectivity index (χ2n) is 7.06. The standard InChI is InChI=1S/C18H26Cl2N2O/c1-12-6-13(2)10-22(9-12)11-14(3)21-18(23)8-15-4-5-16(19)17(20)7-15/h4-5,7,12-14H,6,8-11H2,1-3H3,(H,21,23). The lowest BCUT2D eigenvalue weighted by Crippen LogP contribution is -2.47. The van der Waals surface area contributed by atoms with Gasteiger partial charge < -0.3 is 10.2 Å². The minimum atomic E-state index is 0.0222. The van der Waals surface area contributed by atoms with Crippen LogP contribution >= 0.6 is 23.2 Å². The Kier molecular flexibility index (Phi) is 6.75. The van der Waals surface area contributed by atoms with Crippen molar-refractivity contribution >= 4 is 29.1 Å². The van der Waals surface area contributed by atoms with Crippen molar-refractivity contribution in [2.75, 3.05) is 19.6 Å². The van der Waals surface area contributed by atoms with Gasteiger partial charge in [0, 0.05) is 25.7 Å². The van der Waals surface area contributed by atoms with Crippen LogP contribution in [0.1, 0.15) is 32.8 Å². The average Bonchev–Trinajstić information content (AvgIpc) is 2.41. The molecule has 0 bridgehead atoms. The smallest absolute Gasteiger partial charge is 0.224 e. The van der Waals surface area contributed by atoms with Gasteiger partial charge in [-0.05, 0) is 42.9 Å². The summed E-state index contributed by atoms with van der Waals surface area (Å²) in [5, 5.41) is 4.08. The van der Waals surface area contributed by atoms with Crippen molar-refractivity contribution in [1.82, 2.24) is 10.2 Å². The van der Waals surface area contributed by atoms with Gasteiger partial charge in [0.15, 0.2) is 0 Å². The zero-order valence-corrected chi connectivity index (χ0v) is 15.6. The van der Waals surface area contributed by atoms with Crippen LogP contribution in [0.2, 0.25) is 10.0 Å². The number of nitrogens with one attached hydrogen (secondary N) is 1. The SMILES string of the molecule is CC1CC(C)CN(CC(C)NC(=O)Cc2ccc(Cl)c(Cl)c2)C1. The molecule has 1 fully saturated rings. The van der Waals surface area contributed by atoms with Gasteiger partial charge in [0.2, 0.25) is 5.91 Å². The molecule has 0 saturated carbocycles. The van der Waals surface area contributed by atoms with Crippen LogP contribution in [0.4, 0.5) is 0 Å². The van der Waals surface area contributed by atoms with Crippen LogP contribution in [0, 0.1) is 11.8 Å². The van der Waals surface area contributed by atoms with E-state index in [-0.39, 0.29) is 11.9 Å². The molecule has 1 heterocycles. The Bertz CT molecular complexity index is 540. The van der Waals surface area contributed by atoms with Crippen molar-refractivity contribution in [3.05, 3.63) is 33.8 Å². The van der Waals surface area contributed by atoms with E-state index in [4.69, 9.17) is 23.2 Å². The summed E-state index contributed by atoms with van der Waals surface area (Å²) in [4.78, 5) is 14.6. The molecule has 1 aliphatic heterocycles. The normalized spacial score (nSPS) is 23.5. The maximum absolute atomic E-state index is 12.2. The molecule has 1 N–H and O–H groups in total. The lowest BCUT2D eigenvalue weighted by molar-refractivity contribution is -0.121. The Morgan fingerprint density at radius 2 is 1.91 bits per heavy atom. The van der Waals surface area contributed by atoms with Crippen LogP contribution in [0.15, 0.2) is 18.2 Å². The number of piperidine rings is 1. The number of benzene rings is 1. The van der Waals surface area contributed by atoms with Crippen LogP contribution in [0.5, 0.6) is 0 Å². The summed E-state index contributed by atoms with van der Waals surface area (Å²) >= 11 is 11.9. The molecule has 0 aromatic heterocycles. The second-order valence-corrected chi connectivity index (χ2v) is 7.87. The van der Waals surface area contributed by atoms with Gasteiger partial charge in [0.1, 0.15) is 0 Å². The van der Waals surface area contributed by atoms with Crippen molar-refractivity contribution in [2.24, 2.45) is 11.8 Å². The Labute approximate surface area is 149 Å². The van der Waals surface area contributed by atoms with Crippen LogP contribution in [-0.4, -0.2) is 36.5 Å². The monoisotopic (exact) mass is 356 g/mol. The number of carbonyl (C=O) groups excluding carboxylic acids is 1. The number of halogens is 2. The Morgan fingerprint density at radius 1 is 1.26 bits per heavy atom. The van der Waals surface area contributed by atoms with Crippen molar-refractivity contribution in [3.63, 3.8) is 0 Å². The van der Waals surface area contributed by atoms with Gasteiger partial charge in [0.25, 0.3) is 0 Å². The quantitative estimate of drug-likeness (QED) is 0.863. The van der Waals surface area contributed by atoms with E-state index < -0.39 is 0 Å². The van der Waals surface area contributed by atoms with E-state index in [1.807, 2.05) is 6.07 Å². The van der Waals surface area contributed by atoms with E-state index in [0.29, 0.717) is 16.5 Å². The highest BCUT2D eigenvalue weighted by Crippen LogP contribution is 2.23. The van der Waals surface area contributed by atoms with E-state index >= 15 is 0 Å². The molecule has 1 aromatic carbocycles. The summed E-state index contributed by atoms with van der Waals surface area (Å²) in [6.45, 7) is 9.82. The van der Waals surface area contributed by atoms with E-state index in [0.717, 1.165) is 37.0 Å². The number of rotatable bonds is 5. The number of likely N-dealkylation sites (tertiary alicyclic amines) is 1. The molecule has 0 aliphatic carbocycles. The predicted molar refractivity (Wildman–Crippen MR) is 97.2 cm³/mol. The summed E-state index contributed by atoms with van der Waals surface area (Å²) in [7, 11) is 0. The number of carbonyl (C=O) groups is 1. The topological polar surface area (TPSA) is 32.3 Å². The van der Waals surface area contributed by atoms with Crippen LogP contribution in [-0.2, 0) is 11.2 Å². The molecule has 3 unspecified atom stereocenters. The van der Waals surface area contributed by atoms with Crippen LogP contribution < -0.4 is 5.32 Å². The van der Waals surface area contributed by atoms with Gasteiger partial charge in [-0.3, -0.25) is 4.79 Å². The first-order valence-electron chi connectivity index (χ1n) is 8.29. The largest absolute Gasteiger partial charge is 0.352 e. The number of nitrogens with zero attached hydrogens (tertiary/aromatic N) is 1. The highest BCUT2D eigenvalue weighted by Gasteiger charge is 2.23. The number of hydrogen-bond acceptors (Lipinski definition) is 2. The molecule has 23 heavy (non-hydrogen) atoms. The molecule has 0 spiro atoms. The minimum absolute atomic E-state index is 0.0222. The maximum Gasteiger partial charge on any atom is 0.224 e. The Hall–Kier alpha value is -0.770. The van der Waals surface area contributed by atoms with Crippen molar-refractivity contribution in [1.29, 1.82) is 0 Å². The third kappa shape index (κ3) is 5.98. The summed E-state index contributed by atoms with van der Waals surface area (Å²) in [6, 6.07) is 5.46.